The summed E-state index contributed by atoms with van der Waals surface area (Å²) in [6.07, 6.45) is 1.88. The Labute approximate surface area is 128 Å². The first-order chi connectivity index (χ1) is 9.95. The van der Waals surface area contributed by atoms with Gasteiger partial charge in [-0.25, -0.2) is 4.39 Å². The van der Waals surface area contributed by atoms with Gasteiger partial charge in [0.1, 0.15) is 12.2 Å². The summed E-state index contributed by atoms with van der Waals surface area (Å²) in [5.41, 5.74) is 0.381. The Morgan fingerprint density at radius 1 is 1.48 bits per heavy atom. The number of anilines is 1. The summed E-state index contributed by atoms with van der Waals surface area (Å²) in [6, 6.07) is 3.90. The van der Waals surface area contributed by atoms with Gasteiger partial charge >= 0.3 is 0 Å². The maximum Gasteiger partial charge on any atom is 0.233 e. The molecule has 1 fully saturated rings. The average molecular weight is 313 g/mol. The van der Waals surface area contributed by atoms with Crippen LogP contribution in [0.2, 0.25) is 5.02 Å². The average Bonchev–Trinajstić information content (AvgIpc) is 2.43. The first kappa shape index (κ1) is 15.8. The molecule has 1 N–H and O–H groups in total. The van der Waals surface area contributed by atoms with Crippen molar-refractivity contribution in [2.24, 2.45) is 5.92 Å². The number of piperidine rings is 1. The molecule has 2 amide bonds. The molecule has 0 aromatic heterocycles. The van der Waals surface area contributed by atoms with Gasteiger partial charge in [-0.15, -0.1) is 0 Å². The van der Waals surface area contributed by atoms with Crippen molar-refractivity contribution in [1.82, 2.24) is 4.90 Å². The van der Waals surface area contributed by atoms with E-state index in [-0.39, 0.29) is 17.4 Å². The van der Waals surface area contributed by atoms with Crippen molar-refractivity contribution in [2.45, 2.75) is 26.2 Å². The van der Waals surface area contributed by atoms with Gasteiger partial charge in [0.2, 0.25) is 11.8 Å². The van der Waals surface area contributed by atoms with Gasteiger partial charge in [0, 0.05) is 18.8 Å². The first-order valence-corrected chi connectivity index (χ1v) is 7.36. The molecule has 1 heterocycles. The van der Waals surface area contributed by atoms with Crippen LogP contribution in [0.25, 0.3) is 0 Å². The van der Waals surface area contributed by atoms with Gasteiger partial charge in [0.15, 0.2) is 0 Å². The fourth-order valence-electron chi connectivity index (χ4n) is 2.44. The van der Waals surface area contributed by atoms with Gasteiger partial charge in [-0.2, -0.15) is 0 Å². The zero-order chi connectivity index (χ0) is 15.4. The Balaban J connectivity index is 1.88. The van der Waals surface area contributed by atoms with Crippen LogP contribution in [-0.2, 0) is 9.59 Å². The predicted octanol–water partition coefficient (Wildman–Crippen LogP) is 3.07. The number of likely N-dealkylation sites (tertiary alicyclic amines) is 1. The van der Waals surface area contributed by atoms with E-state index >= 15 is 0 Å². The highest BCUT2D eigenvalue weighted by atomic mass is 35.5. The van der Waals surface area contributed by atoms with Crippen molar-refractivity contribution in [2.75, 3.05) is 18.4 Å². The van der Waals surface area contributed by atoms with Crippen molar-refractivity contribution in [1.29, 1.82) is 0 Å². The predicted molar refractivity (Wildman–Crippen MR) is 79.6 cm³/mol. The molecule has 6 heteroatoms. The summed E-state index contributed by atoms with van der Waals surface area (Å²) < 4.78 is 13.0. The molecule has 4 nitrogen and oxygen atoms in total. The Hall–Kier alpha value is -1.62. The second-order valence-electron chi connectivity index (χ2n) is 5.44. The Kier molecular flexibility index (Phi) is 5.17. The number of carbonyl (C=O) groups is 2. The molecule has 1 atom stereocenters. The molecule has 114 valence electrons. The summed E-state index contributed by atoms with van der Waals surface area (Å²) in [6.45, 7) is 3.51. The lowest BCUT2D eigenvalue weighted by Crippen LogP contribution is -2.40. The zero-order valence-corrected chi connectivity index (χ0v) is 12.6. The van der Waals surface area contributed by atoms with E-state index in [1.54, 1.807) is 4.90 Å². The number of benzene rings is 1. The van der Waals surface area contributed by atoms with Crippen LogP contribution in [0, 0.1) is 11.7 Å². The molecule has 1 saturated heterocycles. The molecule has 1 aliphatic heterocycles. The molecule has 1 aromatic carbocycles. The molecule has 1 unspecified atom stereocenters. The number of rotatable bonds is 3. The number of halogens is 2. The van der Waals surface area contributed by atoms with Crippen LogP contribution in [-0.4, -0.2) is 29.8 Å². The first-order valence-electron chi connectivity index (χ1n) is 6.98. The molecule has 0 saturated carbocycles. The number of carbonyl (C=O) groups excluding carboxylic acids is 2. The van der Waals surface area contributed by atoms with Crippen molar-refractivity contribution in [3.63, 3.8) is 0 Å². The van der Waals surface area contributed by atoms with Gasteiger partial charge in [-0.3, -0.25) is 9.59 Å². The molecule has 21 heavy (non-hydrogen) atoms. The van der Waals surface area contributed by atoms with Crippen molar-refractivity contribution in [3.8, 4) is 0 Å². The SMILES string of the molecule is CC1CCCN(C(=O)CC(=O)Nc2ccc(F)c(Cl)c2)C1. The third-order valence-electron chi connectivity index (χ3n) is 3.52. The second kappa shape index (κ2) is 6.89. The maximum atomic E-state index is 13.0. The third-order valence-corrected chi connectivity index (χ3v) is 3.81. The van der Waals surface area contributed by atoms with Gasteiger partial charge in [0.05, 0.1) is 5.02 Å². The van der Waals surface area contributed by atoms with Crippen LogP contribution in [0.3, 0.4) is 0 Å². The highest BCUT2D eigenvalue weighted by Gasteiger charge is 2.22. The van der Waals surface area contributed by atoms with Crippen LogP contribution in [0.1, 0.15) is 26.2 Å². The summed E-state index contributed by atoms with van der Waals surface area (Å²) in [7, 11) is 0. The van der Waals surface area contributed by atoms with E-state index in [1.165, 1.54) is 18.2 Å². The lowest BCUT2D eigenvalue weighted by Gasteiger charge is -2.30. The summed E-state index contributed by atoms with van der Waals surface area (Å²) >= 11 is 5.64. The molecule has 1 aliphatic rings. The van der Waals surface area contributed by atoms with Gasteiger partial charge < -0.3 is 10.2 Å². The summed E-state index contributed by atoms with van der Waals surface area (Å²) in [5.74, 6) is -0.664. The maximum absolute atomic E-state index is 13.0. The van der Waals surface area contributed by atoms with Crippen molar-refractivity contribution < 1.29 is 14.0 Å². The molecule has 0 bridgehead atoms. The van der Waals surface area contributed by atoms with Crippen LogP contribution >= 0.6 is 11.6 Å². The summed E-state index contributed by atoms with van der Waals surface area (Å²) in [5, 5.41) is 2.49. The number of hydrogen-bond acceptors (Lipinski definition) is 2. The van der Waals surface area contributed by atoms with E-state index in [9.17, 15) is 14.0 Å². The smallest absolute Gasteiger partial charge is 0.233 e. The standard InChI is InChI=1S/C15H18ClFN2O2/c1-10-3-2-6-19(9-10)15(21)8-14(20)18-11-4-5-13(17)12(16)7-11/h4-5,7,10H,2-3,6,8-9H2,1H3,(H,18,20). The number of hydrogen-bond donors (Lipinski definition) is 1. The Bertz CT molecular complexity index is 550. The van der Waals surface area contributed by atoms with Crippen molar-refractivity contribution >= 4 is 29.1 Å². The fourth-order valence-corrected chi connectivity index (χ4v) is 2.62. The molecule has 2 rings (SSSR count). The zero-order valence-electron chi connectivity index (χ0n) is 11.9. The molecule has 0 spiro atoms. The lowest BCUT2D eigenvalue weighted by molar-refractivity contribution is -0.136. The molecule has 0 radical (unpaired) electrons. The molecule has 0 aliphatic carbocycles. The topological polar surface area (TPSA) is 49.4 Å². The number of nitrogens with zero attached hydrogens (tertiary/aromatic N) is 1. The molecule has 1 aromatic rings. The fraction of sp³-hybridized carbons (Fsp3) is 0.467. The quantitative estimate of drug-likeness (QED) is 0.872. The minimum Gasteiger partial charge on any atom is -0.342 e. The van der Waals surface area contributed by atoms with Crippen molar-refractivity contribution in [3.05, 3.63) is 29.0 Å². The van der Waals surface area contributed by atoms with Crippen LogP contribution in [0.4, 0.5) is 10.1 Å². The highest BCUT2D eigenvalue weighted by molar-refractivity contribution is 6.31. The van der Waals surface area contributed by atoms with Crippen LogP contribution in [0.5, 0.6) is 0 Å². The van der Waals surface area contributed by atoms with Gasteiger partial charge in [-0.1, -0.05) is 18.5 Å². The second-order valence-corrected chi connectivity index (χ2v) is 5.85. The van der Waals surface area contributed by atoms with Gasteiger partial charge in [-0.05, 0) is 37.0 Å². The highest BCUT2D eigenvalue weighted by Crippen LogP contribution is 2.20. The van der Waals surface area contributed by atoms with Crippen LogP contribution in [0.15, 0.2) is 18.2 Å². The van der Waals surface area contributed by atoms with E-state index in [0.29, 0.717) is 24.7 Å². The monoisotopic (exact) mass is 312 g/mol. The van der Waals surface area contributed by atoms with E-state index in [0.717, 1.165) is 12.8 Å². The minimum atomic E-state index is -0.548. The summed E-state index contributed by atoms with van der Waals surface area (Å²) in [4.78, 5) is 25.6. The number of nitrogens with one attached hydrogen (secondary N) is 1. The minimum absolute atomic E-state index is 0.0658. The molecular formula is C15H18ClFN2O2. The van der Waals surface area contributed by atoms with E-state index < -0.39 is 11.7 Å². The van der Waals surface area contributed by atoms with E-state index in [1.807, 2.05) is 0 Å². The van der Waals surface area contributed by atoms with E-state index in [4.69, 9.17) is 11.6 Å². The van der Waals surface area contributed by atoms with Crippen LogP contribution < -0.4 is 5.32 Å². The normalized spacial score (nSPS) is 18.4. The largest absolute Gasteiger partial charge is 0.342 e. The van der Waals surface area contributed by atoms with Gasteiger partial charge in [0.25, 0.3) is 0 Å². The number of amides is 2. The third kappa shape index (κ3) is 4.43. The lowest BCUT2D eigenvalue weighted by atomic mass is 10.00. The Morgan fingerprint density at radius 3 is 2.90 bits per heavy atom. The van der Waals surface area contributed by atoms with E-state index in [2.05, 4.69) is 12.2 Å². The molecular weight excluding hydrogens is 295 g/mol. The Morgan fingerprint density at radius 2 is 2.24 bits per heavy atom.